The normalized spacial score (nSPS) is 26.2. The number of benzene rings is 1. The molecule has 0 spiro atoms. The molecule has 1 aliphatic rings. The van der Waals surface area contributed by atoms with Gasteiger partial charge >= 0.3 is 0 Å². The second kappa shape index (κ2) is 4.98. The lowest BCUT2D eigenvalue weighted by Gasteiger charge is -2.30. The molecular formula is C14H21NO. The molecule has 0 heterocycles. The van der Waals surface area contributed by atoms with E-state index < -0.39 is 0 Å². The molecule has 2 N–H and O–H groups in total. The van der Waals surface area contributed by atoms with Crippen LogP contribution in [0.15, 0.2) is 24.3 Å². The Morgan fingerprint density at radius 1 is 1.31 bits per heavy atom. The summed E-state index contributed by atoms with van der Waals surface area (Å²) >= 11 is 0. The van der Waals surface area contributed by atoms with E-state index in [1.165, 1.54) is 24.0 Å². The summed E-state index contributed by atoms with van der Waals surface area (Å²) in [4.78, 5) is 0. The Kier molecular flexibility index (Phi) is 3.62. The standard InChI is InChI=1S/C14H21NO/c1-10-7-8-14(15-9-11(2)16)13-6-4-3-5-12(10)13/h3-6,10-11,14-16H,7-9H2,1-2H3/t10?,11-,14?/m1/s1. The van der Waals surface area contributed by atoms with E-state index in [0.29, 0.717) is 18.5 Å². The fraction of sp³-hybridized carbons (Fsp3) is 0.571. The van der Waals surface area contributed by atoms with Gasteiger partial charge in [-0.1, -0.05) is 31.2 Å². The van der Waals surface area contributed by atoms with Gasteiger partial charge in [0.2, 0.25) is 0 Å². The molecule has 0 bridgehead atoms. The lowest BCUT2D eigenvalue weighted by molar-refractivity contribution is 0.184. The van der Waals surface area contributed by atoms with E-state index in [9.17, 15) is 5.11 Å². The minimum Gasteiger partial charge on any atom is -0.392 e. The van der Waals surface area contributed by atoms with Gasteiger partial charge < -0.3 is 10.4 Å². The smallest absolute Gasteiger partial charge is 0.0636 e. The predicted octanol–water partition coefficient (Wildman–Crippen LogP) is 2.60. The molecule has 0 radical (unpaired) electrons. The van der Waals surface area contributed by atoms with Gasteiger partial charge in [0, 0.05) is 12.6 Å². The van der Waals surface area contributed by atoms with Crippen LogP contribution in [0.3, 0.4) is 0 Å². The maximum atomic E-state index is 9.32. The summed E-state index contributed by atoms with van der Waals surface area (Å²) < 4.78 is 0. The maximum absolute atomic E-state index is 9.32. The van der Waals surface area contributed by atoms with Crippen LogP contribution >= 0.6 is 0 Å². The molecule has 2 rings (SSSR count). The van der Waals surface area contributed by atoms with Crippen molar-refractivity contribution in [3.8, 4) is 0 Å². The Hall–Kier alpha value is -0.860. The summed E-state index contributed by atoms with van der Waals surface area (Å²) in [5.74, 6) is 0.667. The molecule has 0 saturated carbocycles. The lowest BCUT2D eigenvalue weighted by atomic mass is 9.81. The molecule has 0 aromatic heterocycles. The van der Waals surface area contributed by atoms with Crippen LogP contribution in [-0.2, 0) is 0 Å². The Bertz CT molecular complexity index is 348. The summed E-state index contributed by atoms with van der Waals surface area (Å²) in [6.07, 6.45) is 2.13. The third-order valence-electron chi connectivity index (χ3n) is 3.45. The van der Waals surface area contributed by atoms with Crippen LogP contribution in [0, 0.1) is 0 Å². The van der Waals surface area contributed by atoms with Crippen molar-refractivity contribution in [2.75, 3.05) is 6.54 Å². The van der Waals surface area contributed by atoms with Crippen LogP contribution < -0.4 is 5.32 Å². The number of hydrogen-bond donors (Lipinski definition) is 2. The van der Waals surface area contributed by atoms with Crippen LogP contribution in [0.1, 0.15) is 49.8 Å². The molecule has 2 heteroatoms. The monoisotopic (exact) mass is 219 g/mol. The third kappa shape index (κ3) is 2.45. The molecule has 3 atom stereocenters. The number of hydrogen-bond acceptors (Lipinski definition) is 2. The van der Waals surface area contributed by atoms with Gasteiger partial charge in [-0.2, -0.15) is 0 Å². The molecule has 1 aromatic rings. The molecule has 0 aliphatic heterocycles. The van der Waals surface area contributed by atoms with Crippen LogP contribution in [0.25, 0.3) is 0 Å². The average molecular weight is 219 g/mol. The molecule has 0 saturated heterocycles. The Morgan fingerprint density at radius 3 is 2.69 bits per heavy atom. The maximum Gasteiger partial charge on any atom is 0.0636 e. The molecule has 1 aromatic carbocycles. The van der Waals surface area contributed by atoms with Crippen molar-refractivity contribution in [3.05, 3.63) is 35.4 Å². The minimum absolute atomic E-state index is 0.272. The van der Waals surface area contributed by atoms with E-state index in [2.05, 4.69) is 36.5 Å². The summed E-state index contributed by atoms with van der Waals surface area (Å²) in [6, 6.07) is 9.09. The van der Waals surface area contributed by atoms with Crippen molar-refractivity contribution in [3.63, 3.8) is 0 Å². The summed E-state index contributed by atoms with van der Waals surface area (Å²) in [7, 11) is 0. The second-order valence-electron chi connectivity index (χ2n) is 4.92. The van der Waals surface area contributed by atoms with Crippen molar-refractivity contribution < 1.29 is 5.11 Å². The van der Waals surface area contributed by atoms with E-state index in [1.807, 2.05) is 6.92 Å². The van der Waals surface area contributed by atoms with Crippen LogP contribution in [0.4, 0.5) is 0 Å². The number of aliphatic hydroxyl groups excluding tert-OH is 1. The van der Waals surface area contributed by atoms with Gasteiger partial charge in [-0.25, -0.2) is 0 Å². The highest BCUT2D eigenvalue weighted by Gasteiger charge is 2.23. The van der Waals surface area contributed by atoms with E-state index in [4.69, 9.17) is 0 Å². The minimum atomic E-state index is -0.272. The molecule has 0 fully saturated rings. The van der Waals surface area contributed by atoms with Crippen LogP contribution in [0.5, 0.6) is 0 Å². The largest absolute Gasteiger partial charge is 0.392 e. The Morgan fingerprint density at radius 2 is 2.00 bits per heavy atom. The SMILES string of the molecule is CC1CCC(NC[C@@H](C)O)c2ccccc21. The van der Waals surface area contributed by atoms with Crippen molar-refractivity contribution in [1.29, 1.82) is 0 Å². The van der Waals surface area contributed by atoms with Gasteiger partial charge in [0.25, 0.3) is 0 Å². The molecule has 16 heavy (non-hydrogen) atoms. The quantitative estimate of drug-likeness (QED) is 0.819. The first-order chi connectivity index (χ1) is 7.68. The third-order valence-corrected chi connectivity index (χ3v) is 3.45. The fourth-order valence-electron chi connectivity index (χ4n) is 2.53. The molecule has 88 valence electrons. The second-order valence-corrected chi connectivity index (χ2v) is 4.92. The topological polar surface area (TPSA) is 32.3 Å². The lowest BCUT2D eigenvalue weighted by Crippen LogP contribution is -2.31. The molecular weight excluding hydrogens is 198 g/mol. The highest BCUT2D eigenvalue weighted by Crippen LogP contribution is 2.36. The first kappa shape index (κ1) is 11.6. The van der Waals surface area contributed by atoms with Gasteiger partial charge in [0.15, 0.2) is 0 Å². The zero-order valence-electron chi connectivity index (χ0n) is 10.1. The Labute approximate surface area is 97.7 Å². The van der Waals surface area contributed by atoms with Crippen molar-refractivity contribution in [2.24, 2.45) is 0 Å². The summed E-state index contributed by atoms with van der Waals surface area (Å²) in [5.41, 5.74) is 2.89. The van der Waals surface area contributed by atoms with E-state index >= 15 is 0 Å². The number of rotatable bonds is 3. The first-order valence-corrected chi connectivity index (χ1v) is 6.18. The van der Waals surface area contributed by atoms with Gasteiger partial charge in [-0.3, -0.25) is 0 Å². The van der Waals surface area contributed by atoms with Crippen molar-refractivity contribution in [2.45, 2.75) is 44.8 Å². The van der Waals surface area contributed by atoms with Gasteiger partial charge in [0.1, 0.15) is 0 Å². The highest BCUT2D eigenvalue weighted by atomic mass is 16.3. The number of fused-ring (bicyclic) bond motifs is 1. The van der Waals surface area contributed by atoms with E-state index in [1.54, 1.807) is 0 Å². The van der Waals surface area contributed by atoms with Crippen molar-refractivity contribution >= 4 is 0 Å². The first-order valence-electron chi connectivity index (χ1n) is 6.18. The highest BCUT2D eigenvalue weighted by molar-refractivity contribution is 5.34. The molecule has 2 nitrogen and oxygen atoms in total. The Balaban J connectivity index is 2.15. The molecule has 0 amide bonds. The molecule has 2 unspecified atom stereocenters. The summed E-state index contributed by atoms with van der Waals surface area (Å²) in [6.45, 7) is 4.79. The van der Waals surface area contributed by atoms with Crippen LogP contribution in [-0.4, -0.2) is 17.8 Å². The van der Waals surface area contributed by atoms with Gasteiger partial charge in [-0.05, 0) is 36.8 Å². The van der Waals surface area contributed by atoms with Gasteiger partial charge in [0.05, 0.1) is 6.10 Å². The van der Waals surface area contributed by atoms with Crippen LogP contribution in [0.2, 0.25) is 0 Å². The summed E-state index contributed by atoms with van der Waals surface area (Å²) in [5, 5.41) is 12.8. The van der Waals surface area contributed by atoms with Crippen molar-refractivity contribution in [1.82, 2.24) is 5.32 Å². The average Bonchev–Trinajstić information content (AvgIpc) is 2.28. The van der Waals surface area contributed by atoms with E-state index in [0.717, 1.165) is 0 Å². The zero-order chi connectivity index (χ0) is 11.5. The van der Waals surface area contributed by atoms with E-state index in [-0.39, 0.29) is 6.10 Å². The predicted molar refractivity (Wildman–Crippen MR) is 66.5 cm³/mol. The molecule has 1 aliphatic carbocycles. The number of nitrogens with one attached hydrogen (secondary N) is 1. The fourth-order valence-corrected chi connectivity index (χ4v) is 2.53. The van der Waals surface area contributed by atoms with Gasteiger partial charge in [-0.15, -0.1) is 0 Å². The number of aliphatic hydroxyl groups is 1. The zero-order valence-corrected chi connectivity index (χ0v) is 10.1.